The molecule has 1 atom stereocenters. The summed E-state index contributed by atoms with van der Waals surface area (Å²) in [5.74, 6) is -2.15. The van der Waals surface area contributed by atoms with E-state index in [2.05, 4.69) is 15.6 Å². The zero-order chi connectivity index (χ0) is 26.6. The van der Waals surface area contributed by atoms with E-state index in [1.807, 2.05) is 70.2 Å². The fourth-order valence-corrected chi connectivity index (χ4v) is 4.00. The Kier molecular flexibility index (Phi) is 7.34. The fraction of sp³-hybridized carbons (Fsp3) is 0.200. The van der Waals surface area contributed by atoms with Crippen LogP contribution in [0.25, 0.3) is 10.9 Å². The van der Waals surface area contributed by atoms with Crippen LogP contribution in [0.4, 0.5) is 11.4 Å². The number of rotatable bonds is 5. The molecule has 0 bridgehead atoms. The van der Waals surface area contributed by atoms with E-state index in [-0.39, 0.29) is 0 Å². The van der Waals surface area contributed by atoms with E-state index < -0.39 is 29.3 Å². The molecule has 7 heteroatoms. The molecular weight excluding hydrogens is 464 g/mol. The molecule has 0 aliphatic carbocycles. The van der Waals surface area contributed by atoms with Gasteiger partial charge in [-0.05, 0) is 57.5 Å². The van der Waals surface area contributed by atoms with E-state index in [0.29, 0.717) is 16.9 Å². The Balaban J connectivity index is 1.83. The second kappa shape index (κ2) is 10.6. The quantitative estimate of drug-likeness (QED) is 0.375. The molecule has 188 valence electrons. The summed E-state index contributed by atoms with van der Waals surface area (Å²) in [5, 5.41) is 6.42. The number of hydrogen-bond acceptors (Lipinski definition) is 4. The minimum absolute atomic E-state index is 0.334. The van der Waals surface area contributed by atoms with Gasteiger partial charge in [0.05, 0.1) is 17.4 Å². The Morgan fingerprint density at radius 3 is 2.19 bits per heavy atom. The molecule has 4 aromatic rings. The molecule has 3 aromatic carbocycles. The summed E-state index contributed by atoms with van der Waals surface area (Å²) in [6, 6.07) is 24.2. The van der Waals surface area contributed by atoms with Crippen molar-refractivity contribution in [1.82, 2.24) is 10.3 Å². The highest BCUT2D eigenvalue weighted by Gasteiger charge is 2.37. The molecule has 4 rings (SSSR count). The first-order valence-corrected chi connectivity index (χ1v) is 12.1. The van der Waals surface area contributed by atoms with Gasteiger partial charge in [0.1, 0.15) is 6.04 Å². The van der Waals surface area contributed by atoms with Gasteiger partial charge in [0, 0.05) is 16.6 Å². The zero-order valence-corrected chi connectivity index (χ0v) is 21.4. The van der Waals surface area contributed by atoms with Crippen LogP contribution in [0.5, 0.6) is 0 Å². The largest absolute Gasteiger partial charge is 0.349 e. The normalized spacial score (nSPS) is 12.0. The number of aryl methyl sites for hydroxylation is 1. The van der Waals surface area contributed by atoms with Crippen LogP contribution >= 0.6 is 0 Å². The van der Waals surface area contributed by atoms with Crippen molar-refractivity contribution in [2.24, 2.45) is 0 Å². The van der Waals surface area contributed by atoms with Gasteiger partial charge < -0.3 is 10.6 Å². The molecule has 0 aliphatic rings. The highest BCUT2D eigenvalue weighted by atomic mass is 16.2. The van der Waals surface area contributed by atoms with Crippen LogP contribution in [0.2, 0.25) is 0 Å². The Morgan fingerprint density at radius 1 is 0.865 bits per heavy atom. The van der Waals surface area contributed by atoms with E-state index in [1.54, 1.807) is 42.5 Å². The van der Waals surface area contributed by atoms with Crippen molar-refractivity contribution in [3.05, 3.63) is 102 Å². The second-order valence-corrected chi connectivity index (χ2v) is 9.93. The fourth-order valence-electron chi connectivity index (χ4n) is 4.00. The molecule has 1 heterocycles. The van der Waals surface area contributed by atoms with Crippen molar-refractivity contribution in [3.8, 4) is 0 Å². The molecule has 3 amide bonds. The summed E-state index contributed by atoms with van der Waals surface area (Å²) in [6.07, 6.45) is 1.51. The van der Waals surface area contributed by atoms with Gasteiger partial charge in [-0.3, -0.25) is 24.3 Å². The number of pyridine rings is 1. The van der Waals surface area contributed by atoms with Crippen molar-refractivity contribution in [2.45, 2.75) is 39.3 Å². The molecule has 7 nitrogen and oxygen atoms in total. The average Bonchev–Trinajstić information content (AvgIpc) is 2.87. The summed E-state index contributed by atoms with van der Waals surface area (Å²) in [6.45, 7) is 7.52. The summed E-state index contributed by atoms with van der Waals surface area (Å²) in [5.41, 5.74) is 2.57. The lowest BCUT2D eigenvalue weighted by Gasteiger charge is -2.33. The third kappa shape index (κ3) is 6.19. The van der Waals surface area contributed by atoms with E-state index >= 15 is 0 Å². The Hall–Kier alpha value is -4.52. The molecule has 0 spiro atoms. The first-order chi connectivity index (χ1) is 17.6. The summed E-state index contributed by atoms with van der Waals surface area (Å²) in [7, 11) is 0. The van der Waals surface area contributed by atoms with Crippen molar-refractivity contribution >= 4 is 40.0 Å². The van der Waals surface area contributed by atoms with Gasteiger partial charge in [-0.2, -0.15) is 0 Å². The van der Waals surface area contributed by atoms with Crippen LogP contribution in [-0.4, -0.2) is 28.2 Å². The molecule has 0 radical (unpaired) electrons. The maximum atomic E-state index is 13.8. The number of benzene rings is 3. The Morgan fingerprint density at radius 2 is 1.51 bits per heavy atom. The number of hydrogen-bond donors (Lipinski definition) is 2. The van der Waals surface area contributed by atoms with Gasteiger partial charge >= 0.3 is 11.8 Å². The van der Waals surface area contributed by atoms with E-state index in [9.17, 15) is 14.4 Å². The molecule has 2 N–H and O–H groups in total. The summed E-state index contributed by atoms with van der Waals surface area (Å²) < 4.78 is 0. The SMILES string of the molecule is Cc1ccc(NC(=O)C(=O)N(c2cnc3ccccc3c2)C(C(=O)NC(C)(C)C)c2ccccc2)cc1. The molecule has 0 fully saturated rings. The number of fused-ring (bicyclic) bond motifs is 1. The number of anilines is 2. The Labute approximate surface area is 216 Å². The van der Waals surface area contributed by atoms with Crippen molar-refractivity contribution in [1.29, 1.82) is 0 Å². The number of amides is 3. The Bertz CT molecular complexity index is 1430. The molecule has 0 aliphatic heterocycles. The minimum atomic E-state index is -1.11. The molecule has 1 unspecified atom stereocenters. The van der Waals surface area contributed by atoms with E-state index in [4.69, 9.17) is 0 Å². The molecule has 0 saturated heterocycles. The van der Waals surface area contributed by atoms with Crippen LogP contribution in [-0.2, 0) is 14.4 Å². The minimum Gasteiger partial charge on any atom is -0.349 e. The van der Waals surface area contributed by atoms with Crippen molar-refractivity contribution < 1.29 is 14.4 Å². The standard InChI is InChI=1S/C30H30N4O3/c1-20-14-16-23(17-15-20)32-28(36)29(37)34(24-18-22-12-8-9-13-25(22)31-19-24)26(21-10-6-5-7-11-21)27(35)33-30(2,3)4/h5-19,26H,1-4H3,(H,32,36)(H,33,35). The monoisotopic (exact) mass is 494 g/mol. The zero-order valence-electron chi connectivity index (χ0n) is 21.4. The predicted octanol–water partition coefficient (Wildman–Crippen LogP) is 5.17. The maximum Gasteiger partial charge on any atom is 0.317 e. The number of aromatic nitrogens is 1. The number of nitrogens with one attached hydrogen (secondary N) is 2. The molecular formula is C30H30N4O3. The highest BCUT2D eigenvalue weighted by Crippen LogP contribution is 2.30. The van der Waals surface area contributed by atoms with E-state index in [0.717, 1.165) is 16.5 Å². The number of para-hydroxylation sites is 1. The maximum absolute atomic E-state index is 13.8. The first kappa shape index (κ1) is 25.6. The van der Waals surface area contributed by atoms with Gasteiger partial charge in [-0.1, -0.05) is 66.2 Å². The number of carbonyl (C=O) groups is 3. The van der Waals surface area contributed by atoms with Gasteiger partial charge in [0.2, 0.25) is 5.91 Å². The van der Waals surface area contributed by atoms with Crippen molar-refractivity contribution in [3.63, 3.8) is 0 Å². The highest BCUT2D eigenvalue weighted by molar-refractivity contribution is 6.45. The summed E-state index contributed by atoms with van der Waals surface area (Å²) >= 11 is 0. The van der Waals surface area contributed by atoms with Gasteiger partial charge in [0.15, 0.2) is 0 Å². The second-order valence-electron chi connectivity index (χ2n) is 9.93. The van der Waals surface area contributed by atoms with Crippen LogP contribution in [0.1, 0.15) is 37.9 Å². The number of carbonyl (C=O) groups excluding carboxylic acids is 3. The third-order valence-corrected chi connectivity index (χ3v) is 5.70. The van der Waals surface area contributed by atoms with Crippen LogP contribution in [0.15, 0.2) is 91.1 Å². The van der Waals surface area contributed by atoms with E-state index in [1.165, 1.54) is 11.1 Å². The third-order valence-electron chi connectivity index (χ3n) is 5.70. The van der Waals surface area contributed by atoms with Crippen LogP contribution in [0.3, 0.4) is 0 Å². The van der Waals surface area contributed by atoms with Crippen LogP contribution < -0.4 is 15.5 Å². The smallest absolute Gasteiger partial charge is 0.317 e. The molecule has 0 saturated carbocycles. The average molecular weight is 495 g/mol. The summed E-state index contributed by atoms with van der Waals surface area (Å²) in [4.78, 5) is 46.5. The lowest BCUT2D eigenvalue weighted by Crippen LogP contribution is -2.51. The first-order valence-electron chi connectivity index (χ1n) is 12.1. The lowest BCUT2D eigenvalue weighted by molar-refractivity contribution is -0.136. The van der Waals surface area contributed by atoms with Gasteiger partial charge in [-0.15, -0.1) is 0 Å². The predicted molar refractivity (Wildman–Crippen MR) is 146 cm³/mol. The molecule has 1 aromatic heterocycles. The molecule has 37 heavy (non-hydrogen) atoms. The van der Waals surface area contributed by atoms with Crippen molar-refractivity contribution in [2.75, 3.05) is 10.2 Å². The lowest BCUT2D eigenvalue weighted by atomic mass is 10.0. The van der Waals surface area contributed by atoms with Gasteiger partial charge in [-0.25, -0.2) is 0 Å². The number of nitrogens with zero attached hydrogens (tertiary/aromatic N) is 2. The topological polar surface area (TPSA) is 91.4 Å². The van der Waals surface area contributed by atoms with Crippen LogP contribution in [0, 0.1) is 6.92 Å². The van der Waals surface area contributed by atoms with Gasteiger partial charge in [0.25, 0.3) is 0 Å².